The Bertz CT molecular complexity index is 840. The van der Waals surface area contributed by atoms with Gasteiger partial charge in [-0.1, -0.05) is 0 Å². The molecule has 2 aliphatic carbocycles. The van der Waals surface area contributed by atoms with Crippen LogP contribution in [-0.2, 0) is 9.59 Å². The van der Waals surface area contributed by atoms with Crippen LogP contribution in [0.5, 0.6) is 0 Å². The van der Waals surface area contributed by atoms with Crippen LogP contribution < -0.4 is 10.6 Å². The summed E-state index contributed by atoms with van der Waals surface area (Å²) >= 11 is 0. The number of rotatable bonds is 6. The minimum Gasteiger partial charge on any atom is -0.350 e. The lowest BCUT2D eigenvalue weighted by atomic mass is 9.65. The molecular formula is C23H30F3N3O2. The maximum absolute atomic E-state index is 13.6. The predicted octanol–water partition coefficient (Wildman–Crippen LogP) is 4.25. The van der Waals surface area contributed by atoms with Gasteiger partial charge < -0.3 is 10.6 Å². The van der Waals surface area contributed by atoms with Crippen LogP contribution in [0.15, 0.2) is 18.2 Å². The van der Waals surface area contributed by atoms with E-state index in [2.05, 4.69) is 22.5 Å². The average Bonchev–Trinajstić information content (AvgIpc) is 2.65. The molecule has 0 atom stereocenters. The van der Waals surface area contributed by atoms with Gasteiger partial charge in [-0.2, -0.15) is 0 Å². The molecular weight excluding hydrogens is 407 g/mol. The normalized spacial score (nSPS) is 22.6. The Hall–Kier alpha value is -2.09. The smallest absolute Gasteiger partial charge is 0.264 e. The molecule has 1 aliphatic heterocycles. The second kappa shape index (κ2) is 8.45. The molecule has 0 radical (unpaired) electrons. The molecule has 1 heterocycles. The first-order valence-corrected chi connectivity index (χ1v) is 11.1. The molecule has 2 amide bonds. The highest BCUT2D eigenvalue weighted by Crippen LogP contribution is 2.45. The first-order chi connectivity index (χ1) is 14.7. The summed E-state index contributed by atoms with van der Waals surface area (Å²) in [5.74, 6) is -1.16. The van der Waals surface area contributed by atoms with Crippen LogP contribution in [0.3, 0.4) is 0 Å². The molecule has 31 heavy (non-hydrogen) atoms. The van der Waals surface area contributed by atoms with Crippen molar-refractivity contribution in [2.75, 3.05) is 25.0 Å². The van der Waals surface area contributed by atoms with E-state index in [1.807, 2.05) is 0 Å². The molecule has 1 spiro atoms. The molecule has 0 unspecified atom stereocenters. The van der Waals surface area contributed by atoms with Crippen molar-refractivity contribution >= 4 is 17.5 Å². The number of amides is 2. The molecule has 2 saturated carbocycles. The zero-order chi connectivity index (χ0) is 22.2. The number of likely N-dealkylation sites (tertiary alicyclic amines) is 1. The molecule has 1 aromatic rings. The van der Waals surface area contributed by atoms with Crippen LogP contribution in [0, 0.1) is 17.2 Å². The number of carbonyl (C=O) groups excluding carboxylic acids is 2. The van der Waals surface area contributed by atoms with Gasteiger partial charge in [0.05, 0.1) is 6.54 Å². The van der Waals surface area contributed by atoms with Crippen molar-refractivity contribution in [1.82, 2.24) is 10.2 Å². The first-order valence-electron chi connectivity index (χ1n) is 11.1. The zero-order valence-electron chi connectivity index (χ0n) is 17.9. The fraction of sp³-hybridized carbons (Fsp3) is 0.652. The van der Waals surface area contributed by atoms with Gasteiger partial charge >= 0.3 is 0 Å². The molecule has 0 bridgehead atoms. The zero-order valence-corrected chi connectivity index (χ0v) is 17.9. The number of carbonyl (C=O) groups is 2. The van der Waals surface area contributed by atoms with E-state index in [9.17, 15) is 22.8 Å². The number of anilines is 1. The molecule has 3 aliphatic rings. The van der Waals surface area contributed by atoms with Crippen molar-refractivity contribution in [3.8, 4) is 0 Å². The molecule has 5 nitrogen and oxygen atoms in total. The monoisotopic (exact) mass is 437 g/mol. The summed E-state index contributed by atoms with van der Waals surface area (Å²) in [5, 5.41) is 5.74. The third-order valence-corrected chi connectivity index (χ3v) is 7.24. The summed E-state index contributed by atoms with van der Waals surface area (Å²) in [6, 6.07) is 2.96. The Morgan fingerprint density at radius 2 is 1.81 bits per heavy atom. The van der Waals surface area contributed by atoms with E-state index in [-0.39, 0.29) is 34.4 Å². The number of halogens is 3. The summed E-state index contributed by atoms with van der Waals surface area (Å²) in [5.41, 5.74) is -0.230. The van der Waals surface area contributed by atoms with Gasteiger partial charge in [-0.15, -0.1) is 0 Å². The van der Waals surface area contributed by atoms with Crippen molar-refractivity contribution in [2.45, 2.75) is 63.8 Å². The van der Waals surface area contributed by atoms with Gasteiger partial charge in [-0.05, 0) is 75.5 Å². The highest BCUT2D eigenvalue weighted by molar-refractivity contribution is 5.92. The highest BCUT2D eigenvalue weighted by Gasteiger charge is 2.46. The van der Waals surface area contributed by atoms with Crippen molar-refractivity contribution in [3.05, 3.63) is 29.6 Å². The minimum atomic E-state index is -2.79. The average molecular weight is 438 g/mol. The van der Waals surface area contributed by atoms with Gasteiger partial charge in [0.1, 0.15) is 5.82 Å². The lowest BCUT2D eigenvalue weighted by Gasteiger charge is -2.53. The van der Waals surface area contributed by atoms with Crippen LogP contribution in [0.1, 0.15) is 63.9 Å². The van der Waals surface area contributed by atoms with Gasteiger partial charge in [0, 0.05) is 35.8 Å². The van der Waals surface area contributed by atoms with Crippen LogP contribution in [0.2, 0.25) is 0 Å². The minimum absolute atomic E-state index is 0.0250. The summed E-state index contributed by atoms with van der Waals surface area (Å²) in [7, 11) is 0. The van der Waals surface area contributed by atoms with E-state index in [0.717, 1.165) is 57.0 Å². The Morgan fingerprint density at radius 1 is 1.13 bits per heavy atom. The van der Waals surface area contributed by atoms with Gasteiger partial charge in [0.25, 0.3) is 6.43 Å². The molecule has 4 rings (SSSR count). The maximum Gasteiger partial charge on any atom is 0.264 e. The molecule has 3 fully saturated rings. The second-order valence-electron chi connectivity index (χ2n) is 9.95. The van der Waals surface area contributed by atoms with Crippen LogP contribution in [0.4, 0.5) is 18.9 Å². The second-order valence-corrected chi connectivity index (χ2v) is 9.95. The Morgan fingerprint density at radius 3 is 2.39 bits per heavy atom. The van der Waals surface area contributed by atoms with Crippen LogP contribution in [-0.4, -0.2) is 41.9 Å². The molecule has 1 aromatic carbocycles. The number of hydrogen-bond donors (Lipinski definition) is 2. The quantitative estimate of drug-likeness (QED) is 0.699. The highest BCUT2D eigenvalue weighted by atomic mass is 19.3. The fourth-order valence-electron chi connectivity index (χ4n) is 5.29. The van der Waals surface area contributed by atoms with Gasteiger partial charge in [0.15, 0.2) is 0 Å². The summed E-state index contributed by atoms with van der Waals surface area (Å²) in [4.78, 5) is 27.0. The number of hydrogen-bond acceptors (Lipinski definition) is 3. The number of alkyl halides is 2. The SMILES string of the molecule is CC1(NC(=O)CN2CC3(CCC(C(=O)Nc4cc(F)cc(C(F)F)c4)CC3)C2)CCC1. The maximum atomic E-state index is 13.6. The Kier molecular flexibility index (Phi) is 6.03. The Balaban J connectivity index is 1.22. The largest absolute Gasteiger partial charge is 0.350 e. The molecule has 170 valence electrons. The number of benzene rings is 1. The third kappa shape index (κ3) is 5.05. The van der Waals surface area contributed by atoms with Gasteiger partial charge in [-0.3, -0.25) is 14.5 Å². The third-order valence-electron chi connectivity index (χ3n) is 7.24. The molecule has 1 saturated heterocycles. The number of nitrogens with zero attached hydrogens (tertiary/aromatic N) is 1. The van der Waals surface area contributed by atoms with Crippen molar-refractivity contribution < 1.29 is 22.8 Å². The van der Waals surface area contributed by atoms with Gasteiger partial charge in [0.2, 0.25) is 11.8 Å². The predicted molar refractivity (Wildman–Crippen MR) is 111 cm³/mol. The lowest BCUT2D eigenvalue weighted by molar-refractivity contribution is -0.130. The van der Waals surface area contributed by atoms with Crippen LogP contribution in [0.25, 0.3) is 0 Å². The van der Waals surface area contributed by atoms with E-state index in [4.69, 9.17) is 0 Å². The Labute approximate surface area is 180 Å². The standard InChI is InChI=1S/C23H30F3N3O2/c1-22(5-2-6-22)28-19(30)12-29-13-23(14-29)7-3-15(4-8-23)21(31)27-18-10-16(20(25)26)9-17(24)11-18/h9-11,15,20H,2-8,12-14H2,1H3,(H,27,31)(H,28,30). The molecule has 0 aromatic heterocycles. The van der Waals surface area contributed by atoms with Gasteiger partial charge in [-0.25, -0.2) is 13.2 Å². The van der Waals surface area contributed by atoms with Crippen molar-refractivity contribution in [3.63, 3.8) is 0 Å². The lowest BCUT2D eigenvalue weighted by Crippen LogP contribution is -2.61. The van der Waals surface area contributed by atoms with E-state index in [1.165, 1.54) is 6.42 Å². The topological polar surface area (TPSA) is 61.4 Å². The first kappa shape index (κ1) is 22.1. The molecule has 2 N–H and O–H groups in total. The summed E-state index contributed by atoms with van der Waals surface area (Å²) in [6.45, 7) is 4.25. The molecule has 8 heteroatoms. The summed E-state index contributed by atoms with van der Waals surface area (Å²) < 4.78 is 39.3. The van der Waals surface area contributed by atoms with E-state index < -0.39 is 17.8 Å². The van der Waals surface area contributed by atoms with E-state index in [1.54, 1.807) is 0 Å². The van der Waals surface area contributed by atoms with E-state index in [0.29, 0.717) is 19.4 Å². The van der Waals surface area contributed by atoms with Crippen LogP contribution >= 0.6 is 0 Å². The summed E-state index contributed by atoms with van der Waals surface area (Å²) in [6.07, 6.45) is 3.68. The number of nitrogens with one attached hydrogen (secondary N) is 2. The fourth-order valence-corrected chi connectivity index (χ4v) is 5.29. The van der Waals surface area contributed by atoms with E-state index >= 15 is 0 Å². The van der Waals surface area contributed by atoms with Crippen molar-refractivity contribution in [1.29, 1.82) is 0 Å². The van der Waals surface area contributed by atoms with Crippen molar-refractivity contribution in [2.24, 2.45) is 11.3 Å².